The van der Waals surface area contributed by atoms with Gasteiger partial charge in [-0.05, 0) is 6.42 Å². The van der Waals surface area contributed by atoms with Crippen molar-refractivity contribution in [2.24, 2.45) is 0 Å². The maximum absolute atomic E-state index is 11.5. The van der Waals surface area contributed by atoms with E-state index in [0.29, 0.717) is 6.04 Å². The minimum Gasteiger partial charge on any atom is -0.336 e. The molecule has 72 valence electrons. The Balaban J connectivity index is 2.45. The Kier molecular flexibility index (Phi) is 3.78. The number of hydrogen-bond acceptors (Lipinski definition) is 2. The summed E-state index contributed by atoms with van der Waals surface area (Å²) in [4.78, 5) is 13.4. The smallest absolute Gasteiger partial charge is 0.234 e. The number of nitrogens with zero attached hydrogens (tertiary/aromatic N) is 1. The van der Waals surface area contributed by atoms with Crippen LogP contribution < -0.4 is 5.32 Å². The highest BCUT2D eigenvalue weighted by Gasteiger charge is 2.26. The van der Waals surface area contributed by atoms with Crippen LogP contribution in [-0.2, 0) is 4.79 Å². The van der Waals surface area contributed by atoms with Crippen LogP contribution in [0.2, 0.25) is 0 Å². The van der Waals surface area contributed by atoms with E-state index in [4.69, 9.17) is 6.42 Å². The Morgan fingerprint density at radius 2 is 2.38 bits per heavy atom. The molecule has 0 radical (unpaired) electrons. The molecule has 0 aromatic heterocycles. The fourth-order valence-corrected chi connectivity index (χ4v) is 1.43. The van der Waals surface area contributed by atoms with Gasteiger partial charge in [0.2, 0.25) is 5.91 Å². The molecule has 1 aliphatic rings. The van der Waals surface area contributed by atoms with Gasteiger partial charge in [0.05, 0.1) is 12.5 Å². The van der Waals surface area contributed by atoms with Gasteiger partial charge in [-0.1, -0.05) is 12.8 Å². The van der Waals surface area contributed by atoms with Crippen molar-refractivity contribution in [1.29, 1.82) is 0 Å². The Bertz CT molecular complexity index is 215. The average molecular weight is 180 g/mol. The summed E-state index contributed by atoms with van der Waals surface area (Å²) in [5, 5.41) is 3.15. The first-order valence-electron chi connectivity index (χ1n) is 4.73. The van der Waals surface area contributed by atoms with E-state index < -0.39 is 0 Å². The molecule has 1 fully saturated rings. The summed E-state index contributed by atoms with van der Waals surface area (Å²) in [6.45, 7) is 4.72. The van der Waals surface area contributed by atoms with Crippen molar-refractivity contribution in [3.63, 3.8) is 0 Å². The summed E-state index contributed by atoms with van der Waals surface area (Å²) in [7, 11) is 0. The Morgan fingerprint density at radius 3 is 2.77 bits per heavy atom. The largest absolute Gasteiger partial charge is 0.336 e. The fourth-order valence-electron chi connectivity index (χ4n) is 1.43. The lowest BCUT2D eigenvalue weighted by molar-refractivity contribution is -0.133. The van der Waals surface area contributed by atoms with Crippen molar-refractivity contribution in [3.8, 4) is 12.3 Å². The van der Waals surface area contributed by atoms with Gasteiger partial charge in [0.15, 0.2) is 0 Å². The number of carbonyl (C=O) groups excluding carboxylic acids is 1. The highest BCUT2D eigenvalue weighted by molar-refractivity contribution is 5.79. The molecular formula is C10H16N2O. The predicted molar refractivity (Wildman–Crippen MR) is 52.1 cm³/mol. The van der Waals surface area contributed by atoms with E-state index in [-0.39, 0.29) is 12.3 Å². The lowest BCUT2D eigenvalue weighted by atomic mass is 10.1. The molecule has 0 saturated carbocycles. The van der Waals surface area contributed by atoms with Gasteiger partial charge in [0.25, 0.3) is 0 Å². The minimum atomic E-state index is 0.0934. The second-order valence-corrected chi connectivity index (χ2v) is 3.28. The van der Waals surface area contributed by atoms with E-state index in [1.165, 1.54) is 0 Å². The molecule has 3 nitrogen and oxygen atoms in total. The van der Waals surface area contributed by atoms with Gasteiger partial charge in [-0.25, -0.2) is 0 Å². The van der Waals surface area contributed by atoms with Crippen LogP contribution in [0.15, 0.2) is 0 Å². The molecule has 1 N–H and O–H groups in total. The monoisotopic (exact) mass is 180 g/mol. The summed E-state index contributed by atoms with van der Waals surface area (Å²) >= 11 is 0. The maximum atomic E-state index is 11.5. The van der Waals surface area contributed by atoms with Gasteiger partial charge in [0, 0.05) is 19.6 Å². The maximum Gasteiger partial charge on any atom is 0.234 e. The topological polar surface area (TPSA) is 32.3 Å². The number of terminal acetylenes is 1. The molecule has 1 amide bonds. The van der Waals surface area contributed by atoms with E-state index in [1.54, 1.807) is 0 Å². The van der Waals surface area contributed by atoms with Crippen LogP contribution in [0.5, 0.6) is 0 Å². The van der Waals surface area contributed by atoms with Crippen molar-refractivity contribution in [2.45, 2.75) is 25.8 Å². The van der Waals surface area contributed by atoms with E-state index in [1.807, 2.05) is 4.90 Å². The predicted octanol–water partition coefficient (Wildman–Crippen LogP) is 0.220. The lowest BCUT2D eigenvalue weighted by Crippen LogP contribution is -2.58. The highest BCUT2D eigenvalue weighted by Crippen LogP contribution is 2.07. The summed E-state index contributed by atoms with van der Waals surface area (Å²) in [5.74, 6) is 2.49. The Hall–Kier alpha value is -1.01. The van der Waals surface area contributed by atoms with Crippen molar-refractivity contribution in [1.82, 2.24) is 10.2 Å². The summed E-state index contributed by atoms with van der Waals surface area (Å²) in [5.41, 5.74) is 0. The first kappa shape index (κ1) is 10.1. The summed E-state index contributed by atoms with van der Waals surface area (Å²) in [6, 6.07) is 0.376. The molecule has 0 aromatic carbocycles. The van der Waals surface area contributed by atoms with Gasteiger partial charge in [-0.2, -0.15) is 0 Å². The molecule has 0 atom stereocenters. The van der Waals surface area contributed by atoms with Crippen LogP contribution in [0.1, 0.15) is 19.8 Å². The van der Waals surface area contributed by atoms with Crippen LogP contribution in [0, 0.1) is 12.3 Å². The van der Waals surface area contributed by atoms with E-state index in [0.717, 1.165) is 26.1 Å². The minimum absolute atomic E-state index is 0.0934. The van der Waals surface area contributed by atoms with Crippen molar-refractivity contribution in [3.05, 3.63) is 0 Å². The van der Waals surface area contributed by atoms with E-state index in [9.17, 15) is 4.79 Å². The zero-order chi connectivity index (χ0) is 9.68. The fraction of sp³-hybridized carbons (Fsp3) is 0.700. The normalized spacial score (nSPS) is 16.0. The standard InChI is InChI=1S/C10H16N2O/c1-3-5-10(13)12(6-4-2)9-7-11-8-9/h1,9,11H,4-8H2,2H3. The first-order chi connectivity index (χ1) is 6.29. The summed E-state index contributed by atoms with van der Waals surface area (Å²) in [6.07, 6.45) is 6.34. The van der Waals surface area contributed by atoms with Crippen LogP contribution in [0.25, 0.3) is 0 Å². The molecule has 0 aliphatic carbocycles. The van der Waals surface area contributed by atoms with E-state index >= 15 is 0 Å². The van der Waals surface area contributed by atoms with Crippen LogP contribution in [0.3, 0.4) is 0 Å². The zero-order valence-electron chi connectivity index (χ0n) is 8.05. The average Bonchev–Trinajstić information content (AvgIpc) is 2.01. The number of amides is 1. The highest BCUT2D eigenvalue weighted by atomic mass is 16.2. The molecule has 1 heterocycles. The van der Waals surface area contributed by atoms with Gasteiger partial charge in [0.1, 0.15) is 0 Å². The number of rotatable bonds is 4. The lowest BCUT2D eigenvalue weighted by Gasteiger charge is -2.38. The zero-order valence-corrected chi connectivity index (χ0v) is 8.05. The number of nitrogens with one attached hydrogen (secondary N) is 1. The first-order valence-corrected chi connectivity index (χ1v) is 4.73. The second-order valence-electron chi connectivity index (χ2n) is 3.28. The second kappa shape index (κ2) is 4.88. The van der Waals surface area contributed by atoms with Gasteiger partial charge in [-0.15, -0.1) is 6.42 Å². The van der Waals surface area contributed by atoms with Crippen molar-refractivity contribution >= 4 is 5.91 Å². The third-order valence-electron chi connectivity index (χ3n) is 2.24. The third-order valence-corrected chi connectivity index (χ3v) is 2.24. The summed E-state index contributed by atoms with van der Waals surface area (Å²) < 4.78 is 0. The van der Waals surface area contributed by atoms with E-state index in [2.05, 4.69) is 18.2 Å². The molecule has 3 heteroatoms. The molecule has 0 spiro atoms. The molecule has 0 aromatic rings. The van der Waals surface area contributed by atoms with Crippen molar-refractivity contribution in [2.75, 3.05) is 19.6 Å². The third kappa shape index (κ3) is 2.46. The molecule has 13 heavy (non-hydrogen) atoms. The molecule has 0 bridgehead atoms. The Labute approximate surface area is 79.5 Å². The molecule has 1 rings (SSSR count). The molecule has 1 saturated heterocycles. The van der Waals surface area contributed by atoms with Crippen LogP contribution >= 0.6 is 0 Å². The van der Waals surface area contributed by atoms with Gasteiger partial charge >= 0.3 is 0 Å². The van der Waals surface area contributed by atoms with Gasteiger partial charge in [-0.3, -0.25) is 4.79 Å². The number of hydrogen-bond donors (Lipinski definition) is 1. The molecule has 0 unspecified atom stereocenters. The van der Waals surface area contributed by atoms with Gasteiger partial charge < -0.3 is 10.2 Å². The van der Waals surface area contributed by atoms with Crippen LogP contribution in [-0.4, -0.2) is 36.5 Å². The molecule has 1 aliphatic heterocycles. The molecular weight excluding hydrogens is 164 g/mol. The SMILES string of the molecule is C#CCC(=O)N(CCC)C1CNC1. The Morgan fingerprint density at radius 1 is 1.69 bits per heavy atom. The van der Waals surface area contributed by atoms with Crippen LogP contribution in [0.4, 0.5) is 0 Å². The number of carbonyl (C=O) groups is 1. The quantitative estimate of drug-likeness (QED) is 0.628. The van der Waals surface area contributed by atoms with Crippen molar-refractivity contribution < 1.29 is 4.79 Å².